The first-order valence-corrected chi connectivity index (χ1v) is 11.2. The van der Waals surface area contributed by atoms with Crippen LogP contribution in [0.25, 0.3) is 11.1 Å². The van der Waals surface area contributed by atoms with E-state index in [2.05, 4.69) is 17.4 Å². The first-order valence-electron chi connectivity index (χ1n) is 11.2. The zero-order valence-corrected chi connectivity index (χ0v) is 19.2. The average Bonchev–Trinajstić information content (AvgIpc) is 3.19. The van der Waals surface area contributed by atoms with Crippen LogP contribution in [0.3, 0.4) is 0 Å². The quantitative estimate of drug-likeness (QED) is 0.459. The number of benzene rings is 3. The van der Waals surface area contributed by atoms with Gasteiger partial charge in [0.2, 0.25) is 0 Å². The Kier molecular flexibility index (Phi) is 7.42. The molecule has 3 aromatic carbocycles. The number of aliphatic carboxylic acids is 1. The van der Waals surface area contributed by atoms with Crippen molar-refractivity contribution in [3.63, 3.8) is 0 Å². The van der Waals surface area contributed by atoms with Crippen molar-refractivity contribution < 1.29 is 29.1 Å². The van der Waals surface area contributed by atoms with Crippen molar-refractivity contribution in [2.24, 2.45) is 0 Å². The van der Waals surface area contributed by atoms with Crippen molar-refractivity contribution in [1.29, 1.82) is 0 Å². The molecule has 1 unspecified atom stereocenters. The minimum Gasteiger partial charge on any atom is -0.479 e. The smallest absolute Gasteiger partial charge is 0.407 e. The van der Waals surface area contributed by atoms with Gasteiger partial charge in [-0.05, 0) is 27.8 Å². The SMILES string of the molecule is CN(OCC(=O)O)C(=O)C(Cc1ccccc1)NC(=O)OCC1c2ccccc2-c2ccccc21. The fourth-order valence-corrected chi connectivity index (χ4v) is 4.27. The first-order chi connectivity index (χ1) is 16.9. The van der Waals surface area contributed by atoms with E-state index in [1.807, 2.05) is 66.7 Å². The van der Waals surface area contributed by atoms with E-state index in [1.54, 1.807) is 0 Å². The van der Waals surface area contributed by atoms with Crippen LogP contribution >= 0.6 is 0 Å². The van der Waals surface area contributed by atoms with Gasteiger partial charge in [0.15, 0.2) is 6.61 Å². The Morgan fingerprint density at radius 1 is 0.914 bits per heavy atom. The van der Waals surface area contributed by atoms with Crippen molar-refractivity contribution in [1.82, 2.24) is 10.4 Å². The molecule has 0 radical (unpaired) electrons. The van der Waals surface area contributed by atoms with Crippen molar-refractivity contribution in [2.75, 3.05) is 20.3 Å². The van der Waals surface area contributed by atoms with E-state index in [-0.39, 0.29) is 18.9 Å². The van der Waals surface area contributed by atoms with Gasteiger partial charge >= 0.3 is 12.1 Å². The fraction of sp³-hybridized carbons (Fsp3) is 0.222. The fourth-order valence-electron chi connectivity index (χ4n) is 4.27. The molecule has 180 valence electrons. The predicted octanol–water partition coefficient (Wildman–Crippen LogP) is 3.61. The molecule has 0 aliphatic heterocycles. The highest BCUT2D eigenvalue weighted by Gasteiger charge is 2.30. The molecule has 0 spiro atoms. The molecule has 4 rings (SSSR count). The van der Waals surface area contributed by atoms with Gasteiger partial charge in [-0.15, -0.1) is 0 Å². The maximum absolute atomic E-state index is 12.9. The molecule has 1 aliphatic rings. The summed E-state index contributed by atoms with van der Waals surface area (Å²) in [4.78, 5) is 41.5. The highest BCUT2D eigenvalue weighted by atomic mass is 16.7. The number of nitrogens with one attached hydrogen (secondary N) is 1. The van der Waals surface area contributed by atoms with Gasteiger partial charge < -0.3 is 15.2 Å². The highest BCUT2D eigenvalue weighted by Crippen LogP contribution is 2.44. The number of hydrogen-bond acceptors (Lipinski definition) is 5. The van der Waals surface area contributed by atoms with Crippen LogP contribution in [0.15, 0.2) is 78.9 Å². The van der Waals surface area contributed by atoms with Crippen molar-refractivity contribution in [3.05, 3.63) is 95.6 Å². The zero-order chi connectivity index (χ0) is 24.8. The van der Waals surface area contributed by atoms with Crippen molar-refractivity contribution in [3.8, 4) is 11.1 Å². The van der Waals surface area contributed by atoms with Crippen LogP contribution in [0, 0.1) is 0 Å². The third-order valence-corrected chi connectivity index (χ3v) is 5.91. The number of fused-ring (bicyclic) bond motifs is 3. The molecule has 8 nitrogen and oxygen atoms in total. The summed E-state index contributed by atoms with van der Waals surface area (Å²) in [5, 5.41) is 12.3. The van der Waals surface area contributed by atoms with Crippen LogP contribution in [-0.4, -0.2) is 54.4 Å². The molecule has 0 heterocycles. The number of rotatable bonds is 9. The van der Waals surface area contributed by atoms with Gasteiger partial charge in [-0.1, -0.05) is 78.9 Å². The third-order valence-electron chi connectivity index (χ3n) is 5.91. The second-order valence-corrected chi connectivity index (χ2v) is 8.22. The Labute approximate surface area is 203 Å². The lowest BCUT2D eigenvalue weighted by Gasteiger charge is -2.24. The van der Waals surface area contributed by atoms with E-state index >= 15 is 0 Å². The van der Waals surface area contributed by atoms with E-state index in [0.29, 0.717) is 0 Å². The molecule has 2 N–H and O–H groups in total. The number of alkyl carbamates (subject to hydrolysis) is 1. The average molecular weight is 475 g/mol. The number of likely N-dealkylation sites (N-methyl/N-ethyl adjacent to an activating group) is 1. The first kappa shape index (κ1) is 24.0. The molecule has 0 aromatic heterocycles. The third kappa shape index (κ3) is 5.67. The molecule has 0 saturated heterocycles. The Hall–Kier alpha value is -4.17. The summed E-state index contributed by atoms with van der Waals surface area (Å²) in [5.74, 6) is -1.92. The Morgan fingerprint density at radius 3 is 2.09 bits per heavy atom. The Balaban J connectivity index is 1.45. The van der Waals surface area contributed by atoms with Crippen LogP contribution in [0.1, 0.15) is 22.6 Å². The lowest BCUT2D eigenvalue weighted by atomic mass is 9.98. The van der Waals surface area contributed by atoms with Crippen LogP contribution in [-0.2, 0) is 25.6 Å². The van der Waals surface area contributed by atoms with Crippen LogP contribution in [0.2, 0.25) is 0 Å². The minimum atomic E-state index is -1.21. The second kappa shape index (κ2) is 10.8. The number of hydrogen-bond donors (Lipinski definition) is 2. The van der Waals surface area contributed by atoms with Crippen molar-refractivity contribution in [2.45, 2.75) is 18.4 Å². The van der Waals surface area contributed by atoms with E-state index < -0.39 is 30.6 Å². The lowest BCUT2D eigenvalue weighted by Crippen LogP contribution is -2.49. The van der Waals surface area contributed by atoms with Crippen LogP contribution in [0.5, 0.6) is 0 Å². The monoisotopic (exact) mass is 474 g/mol. The van der Waals surface area contributed by atoms with Gasteiger partial charge in [0.1, 0.15) is 12.6 Å². The van der Waals surface area contributed by atoms with E-state index in [9.17, 15) is 14.4 Å². The highest BCUT2D eigenvalue weighted by molar-refractivity contribution is 5.85. The number of nitrogens with zero attached hydrogens (tertiary/aromatic N) is 1. The maximum atomic E-state index is 12.9. The molecular formula is C27H26N2O6. The standard InChI is InChI=1S/C27H26N2O6/c1-29(35-17-25(30)31)26(32)24(15-18-9-3-2-4-10-18)28-27(33)34-16-23-21-13-7-5-11-19(21)20-12-6-8-14-22(20)23/h2-14,23-24H,15-17H2,1H3,(H,28,33)(H,30,31). The normalized spacial score (nSPS) is 12.8. The van der Waals surface area contributed by atoms with Gasteiger partial charge in [-0.2, -0.15) is 0 Å². The molecule has 1 aliphatic carbocycles. The molecule has 0 bridgehead atoms. The molecule has 2 amide bonds. The maximum Gasteiger partial charge on any atom is 0.407 e. The molecule has 0 fully saturated rings. The Morgan fingerprint density at radius 2 is 1.49 bits per heavy atom. The number of hydroxylamine groups is 2. The Bertz CT molecular complexity index is 1170. The largest absolute Gasteiger partial charge is 0.479 e. The minimum absolute atomic E-state index is 0.109. The van der Waals surface area contributed by atoms with E-state index in [1.165, 1.54) is 7.05 Å². The number of ether oxygens (including phenoxy) is 1. The van der Waals surface area contributed by atoms with E-state index in [4.69, 9.17) is 14.7 Å². The number of carbonyl (C=O) groups is 3. The summed E-state index contributed by atoms with van der Waals surface area (Å²) in [7, 11) is 1.31. The molecule has 35 heavy (non-hydrogen) atoms. The van der Waals surface area contributed by atoms with Gasteiger partial charge in [0.25, 0.3) is 5.91 Å². The molecule has 0 saturated carbocycles. The summed E-state index contributed by atoms with van der Waals surface area (Å²) >= 11 is 0. The van der Waals surface area contributed by atoms with Gasteiger partial charge in [0, 0.05) is 19.4 Å². The summed E-state index contributed by atoms with van der Waals surface area (Å²) in [6.45, 7) is -0.567. The summed E-state index contributed by atoms with van der Waals surface area (Å²) < 4.78 is 5.58. The topological polar surface area (TPSA) is 105 Å². The predicted molar refractivity (Wildman–Crippen MR) is 128 cm³/mol. The second-order valence-electron chi connectivity index (χ2n) is 8.22. The lowest BCUT2D eigenvalue weighted by molar-refractivity contribution is -0.187. The number of carboxylic acids is 1. The molecular weight excluding hydrogens is 448 g/mol. The molecule has 1 atom stereocenters. The number of amides is 2. The summed E-state index contributed by atoms with van der Waals surface area (Å²) in [6, 6.07) is 24.2. The molecule has 8 heteroatoms. The van der Waals surface area contributed by atoms with E-state index in [0.717, 1.165) is 32.9 Å². The van der Waals surface area contributed by atoms with Gasteiger partial charge in [-0.25, -0.2) is 14.7 Å². The van der Waals surface area contributed by atoms with Crippen LogP contribution < -0.4 is 5.32 Å². The van der Waals surface area contributed by atoms with Crippen molar-refractivity contribution >= 4 is 18.0 Å². The number of carboxylic acid groups (broad SMARTS) is 1. The molecule has 3 aromatic rings. The van der Waals surface area contributed by atoms with Gasteiger partial charge in [0.05, 0.1) is 0 Å². The number of carbonyl (C=O) groups excluding carboxylic acids is 2. The summed E-state index contributed by atoms with van der Waals surface area (Å²) in [6.07, 6.45) is -0.558. The van der Waals surface area contributed by atoms with Crippen LogP contribution in [0.4, 0.5) is 4.79 Å². The zero-order valence-electron chi connectivity index (χ0n) is 19.2. The van der Waals surface area contributed by atoms with Gasteiger partial charge in [-0.3, -0.25) is 9.63 Å². The summed E-state index contributed by atoms with van der Waals surface area (Å²) in [5.41, 5.74) is 5.22.